The van der Waals surface area contributed by atoms with Gasteiger partial charge in [0, 0.05) is 24.8 Å². The van der Waals surface area contributed by atoms with E-state index in [1.165, 1.54) is 6.42 Å². The molecule has 0 aromatic heterocycles. The van der Waals surface area contributed by atoms with Crippen LogP contribution in [0.4, 0.5) is 0 Å². The maximum atomic E-state index is 6.44. The van der Waals surface area contributed by atoms with Crippen molar-refractivity contribution in [1.29, 1.82) is 0 Å². The minimum Gasteiger partial charge on any atom is -0.493 e. The smallest absolute Gasteiger partial charge is 0.180 e. The largest absolute Gasteiger partial charge is 0.493 e. The molecule has 0 saturated heterocycles. The van der Waals surface area contributed by atoms with Gasteiger partial charge in [0.2, 0.25) is 0 Å². The molecular formula is C22H29Cl2NO3. The first kappa shape index (κ1) is 22.8. The van der Waals surface area contributed by atoms with Gasteiger partial charge in [-0.1, -0.05) is 48.7 Å². The van der Waals surface area contributed by atoms with Crippen molar-refractivity contribution in [3.05, 3.63) is 57.6 Å². The topological polar surface area (TPSA) is 39.7 Å². The molecule has 0 aliphatic carbocycles. The molecule has 0 saturated carbocycles. The van der Waals surface area contributed by atoms with Crippen LogP contribution in [0.2, 0.25) is 10.0 Å². The van der Waals surface area contributed by atoms with Gasteiger partial charge >= 0.3 is 0 Å². The molecule has 0 heterocycles. The fraction of sp³-hybridized carbons (Fsp3) is 0.455. The number of nitrogens with one attached hydrogen (secondary N) is 1. The summed E-state index contributed by atoms with van der Waals surface area (Å²) in [5, 5.41) is 4.64. The molecule has 154 valence electrons. The lowest BCUT2D eigenvalue weighted by atomic mass is 10.2. The van der Waals surface area contributed by atoms with Crippen LogP contribution in [0.5, 0.6) is 11.5 Å². The molecule has 0 amide bonds. The average molecular weight is 426 g/mol. The van der Waals surface area contributed by atoms with E-state index in [0.29, 0.717) is 34.7 Å². The molecule has 4 nitrogen and oxygen atoms in total. The van der Waals surface area contributed by atoms with E-state index in [1.54, 1.807) is 7.11 Å². The SMILES string of the molecule is CCCCOCCCNCc1cc(Cl)c(OCc2ccc(Cl)cc2)c(OC)c1. The van der Waals surface area contributed by atoms with E-state index in [-0.39, 0.29) is 0 Å². The average Bonchev–Trinajstić information content (AvgIpc) is 2.70. The molecule has 0 atom stereocenters. The molecule has 0 fully saturated rings. The maximum Gasteiger partial charge on any atom is 0.180 e. The van der Waals surface area contributed by atoms with E-state index < -0.39 is 0 Å². The summed E-state index contributed by atoms with van der Waals surface area (Å²) in [6.07, 6.45) is 3.27. The van der Waals surface area contributed by atoms with E-state index in [4.69, 9.17) is 37.4 Å². The van der Waals surface area contributed by atoms with Crippen molar-refractivity contribution >= 4 is 23.2 Å². The van der Waals surface area contributed by atoms with Gasteiger partial charge in [0.05, 0.1) is 12.1 Å². The Morgan fingerprint density at radius 1 is 0.964 bits per heavy atom. The Morgan fingerprint density at radius 2 is 1.71 bits per heavy atom. The normalized spacial score (nSPS) is 10.9. The number of hydrogen-bond acceptors (Lipinski definition) is 4. The highest BCUT2D eigenvalue weighted by Crippen LogP contribution is 2.37. The van der Waals surface area contributed by atoms with Crippen LogP contribution in [0.15, 0.2) is 36.4 Å². The van der Waals surface area contributed by atoms with E-state index in [1.807, 2.05) is 36.4 Å². The van der Waals surface area contributed by atoms with Gasteiger partial charge in [0.25, 0.3) is 0 Å². The Bertz CT molecular complexity index is 708. The third-order valence-corrected chi connectivity index (χ3v) is 4.73. The highest BCUT2D eigenvalue weighted by atomic mass is 35.5. The van der Waals surface area contributed by atoms with Crippen molar-refractivity contribution in [1.82, 2.24) is 5.32 Å². The highest BCUT2D eigenvalue weighted by Gasteiger charge is 2.12. The van der Waals surface area contributed by atoms with Gasteiger partial charge in [-0.15, -0.1) is 0 Å². The number of hydrogen-bond donors (Lipinski definition) is 1. The first-order valence-corrected chi connectivity index (χ1v) is 10.4. The number of unbranched alkanes of at least 4 members (excludes halogenated alkanes) is 1. The zero-order valence-corrected chi connectivity index (χ0v) is 18.1. The number of methoxy groups -OCH3 is 1. The van der Waals surface area contributed by atoms with Gasteiger partial charge in [0.1, 0.15) is 6.61 Å². The molecule has 6 heteroatoms. The fourth-order valence-electron chi connectivity index (χ4n) is 2.63. The lowest BCUT2D eigenvalue weighted by Gasteiger charge is -2.15. The van der Waals surface area contributed by atoms with Gasteiger partial charge < -0.3 is 19.5 Å². The minimum absolute atomic E-state index is 0.392. The summed E-state index contributed by atoms with van der Waals surface area (Å²) in [5.41, 5.74) is 2.06. The highest BCUT2D eigenvalue weighted by molar-refractivity contribution is 6.32. The van der Waals surface area contributed by atoms with E-state index in [9.17, 15) is 0 Å². The Labute approximate surface area is 178 Å². The summed E-state index contributed by atoms with van der Waals surface area (Å²) in [6.45, 7) is 5.79. The summed E-state index contributed by atoms with van der Waals surface area (Å²) >= 11 is 12.4. The second kappa shape index (κ2) is 12.9. The first-order chi connectivity index (χ1) is 13.6. The van der Waals surface area contributed by atoms with Crippen LogP contribution in [0.25, 0.3) is 0 Å². The third kappa shape index (κ3) is 7.88. The second-order valence-electron chi connectivity index (χ2n) is 6.52. The summed E-state index contributed by atoms with van der Waals surface area (Å²) in [7, 11) is 1.62. The molecule has 0 aliphatic heterocycles. The van der Waals surface area contributed by atoms with Crippen molar-refractivity contribution in [3.8, 4) is 11.5 Å². The molecule has 1 N–H and O–H groups in total. The van der Waals surface area contributed by atoms with Crippen LogP contribution in [-0.2, 0) is 17.9 Å². The molecule has 0 spiro atoms. The zero-order valence-electron chi connectivity index (χ0n) is 16.6. The molecule has 2 aromatic carbocycles. The van der Waals surface area contributed by atoms with Gasteiger partial charge in [-0.05, 0) is 54.8 Å². The van der Waals surface area contributed by atoms with Crippen LogP contribution in [0.1, 0.15) is 37.3 Å². The molecule has 0 bridgehead atoms. The third-order valence-electron chi connectivity index (χ3n) is 4.20. The van der Waals surface area contributed by atoms with Crippen LogP contribution >= 0.6 is 23.2 Å². The summed E-state index contributed by atoms with van der Waals surface area (Å²) < 4.78 is 16.9. The van der Waals surface area contributed by atoms with Crippen LogP contribution in [-0.4, -0.2) is 26.9 Å². The summed E-state index contributed by atoms with van der Waals surface area (Å²) in [6, 6.07) is 11.4. The Hall–Kier alpha value is -1.46. The van der Waals surface area contributed by atoms with Crippen molar-refractivity contribution in [2.24, 2.45) is 0 Å². The summed E-state index contributed by atoms with van der Waals surface area (Å²) in [4.78, 5) is 0. The van der Waals surface area contributed by atoms with Crippen molar-refractivity contribution < 1.29 is 14.2 Å². The molecule has 28 heavy (non-hydrogen) atoms. The quantitative estimate of drug-likeness (QED) is 0.406. The fourth-order valence-corrected chi connectivity index (χ4v) is 3.05. The maximum absolute atomic E-state index is 6.44. The molecular weight excluding hydrogens is 397 g/mol. The zero-order chi connectivity index (χ0) is 20.2. The lowest BCUT2D eigenvalue weighted by molar-refractivity contribution is 0.129. The van der Waals surface area contributed by atoms with E-state index in [2.05, 4.69) is 12.2 Å². The van der Waals surface area contributed by atoms with Gasteiger partial charge in [-0.2, -0.15) is 0 Å². The van der Waals surface area contributed by atoms with Crippen molar-refractivity contribution in [3.63, 3.8) is 0 Å². The van der Waals surface area contributed by atoms with E-state index >= 15 is 0 Å². The number of benzene rings is 2. The molecule has 2 rings (SSSR count). The predicted octanol–water partition coefficient (Wildman–Crippen LogP) is 5.88. The molecule has 0 radical (unpaired) electrons. The second-order valence-corrected chi connectivity index (χ2v) is 7.36. The number of ether oxygens (including phenoxy) is 3. The Balaban J connectivity index is 1.83. The Morgan fingerprint density at radius 3 is 2.43 bits per heavy atom. The van der Waals surface area contributed by atoms with Crippen molar-refractivity contribution in [2.45, 2.75) is 39.3 Å². The molecule has 0 unspecified atom stereocenters. The summed E-state index contributed by atoms with van der Waals surface area (Å²) in [5.74, 6) is 1.17. The molecule has 0 aliphatic rings. The monoisotopic (exact) mass is 425 g/mol. The lowest BCUT2D eigenvalue weighted by Crippen LogP contribution is -2.16. The number of halogens is 2. The van der Waals surface area contributed by atoms with Crippen LogP contribution < -0.4 is 14.8 Å². The van der Waals surface area contributed by atoms with E-state index in [0.717, 1.165) is 43.7 Å². The van der Waals surface area contributed by atoms with Crippen LogP contribution in [0, 0.1) is 0 Å². The number of rotatable bonds is 13. The van der Waals surface area contributed by atoms with Crippen LogP contribution in [0.3, 0.4) is 0 Å². The predicted molar refractivity (Wildman–Crippen MR) is 116 cm³/mol. The Kier molecular flexibility index (Phi) is 10.5. The standard InChI is InChI=1S/C22H29Cl2NO3/c1-3-4-11-27-12-5-10-25-15-18-13-20(24)22(21(14-18)26-2)28-16-17-6-8-19(23)9-7-17/h6-9,13-14,25H,3-5,10-12,15-16H2,1-2H3. The molecule has 2 aromatic rings. The van der Waals surface area contributed by atoms with Gasteiger partial charge in [-0.25, -0.2) is 0 Å². The van der Waals surface area contributed by atoms with Gasteiger partial charge in [0.15, 0.2) is 11.5 Å². The van der Waals surface area contributed by atoms with Crippen molar-refractivity contribution in [2.75, 3.05) is 26.9 Å². The first-order valence-electron chi connectivity index (χ1n) is 9.66. The minimum atomic E-state index is 0.392. The van der Waals surface area contributed by atoms with Gasteiger partial charge in [-0.3, -0.25) is 0 Å².